The van der Waals surface area contributed by atoms with Crippen LogP contribution >= 0.6 is 0 Å². The largest absolute Gasteiger partial charge is 0.265 e. The number of allylic oxidation sites excluding steroid dienone is 5. The summed E-state index contributed by atoms with van der Waals surface area (Å²) in [6, 6.07) is 28.0. The van der Waals surface area contributed by atoms with Gasteiger partial charge in [-0.25, -0.2) is 9.97 Å². The van der Waals surface area contributed by atoms with Gasteiger partial charge < -0.3 is 0 Å². The van der Waals surface area contributed by atoms with Gasteiger partial charge in [0.15, 0.2) is 0 Å². The molecule has 0 N–H and O–H groups in total. The second-order valence-electron chi connectivity index (χ2n) is 18.5. The molecule has 0 spiro atoms. The van der Waals surface area contributed by atoms with Crippen LogP contribution < -0.4 is 0 Å². The standard InChI is InChI=1S/C9H8.C6H6.C5H5N.C5H6.4C5H12.C4H4N2.3C2H6.CH4/c1-2-5-9-7-3-6-8(9)4-1;2*1-2-4-6-5-3-1;1-2-4-5-3-1;4*1-5(2,3)4;1-2-5-4-6-3-1;3*1-2;/h1-6H,7H2;1-6H;1-5H;1-4H,5H2;4*1-4H3;1-4H;3*1-2H3;1H4. The van der Waals surface area contributed by atoms with Crippen LogP contribution in [0.2, 0.25) is 0 Å². The van der Waals surface area contributed by atoms with E-state index in [-0.39, 0.29) is 7.43 Å². The quantitative estimate of drug-likeness (QED) is 0.177. The van der Waals surface area contributed by atoms with Gasteiger partial charge in [0.25, 0.3) is 0 Å². The van der Waals surface area contributed by atoms with Gasteiger partial charge in [0, 0.05) is 24.8 Å². The van der Waals surface area contributed by atoms with Gasteiger partial charge in [0.2, 0.25) is 0 Å². The normalized spacial score (nSPS) is 10.4. The average molecular weight is 814 g/mol. The molecule has 2 aromatic carbocycles. The van der Waals surface area contributed by atoms with Gasteiger partial charge in [0.05, 0.1) is 0 Å². The Bertz CT molecular complexity index is 1130. The molecule has 0 bridgehead atoms. The number of rotatable bonds is 0. The number of pyridine rings is 1. The van der Waals surface area contributed by atoms with Gasteiger partial charge in [-0.3, -0.25) is 4.98 Å². The molecule has 0 amide bonds. The summed E-state index contributed by atoms with van der Waals surface area (Å²) in [5, 5.41) is 0. The second-order valence-corrected chi connectivity index (χ2v) is 18.5. The van der Waals surface area contributed by atoms with E-state index in [1.165, 1.54) is 17.5 Å². The summed E-state index contributed by atoms with van der Waals surface area (Å²) in [6.45, 7) is 47.0. The first-order chi connectivity index (χ1) is 27.0. The SMILES string of the molecule is C.C1=CCC=C1.C1=Cc2ccccc2C1.CC.CC.CC.CC(C)(C)C.CC(C)(C)C.CC(C)(C)C.CC(C)(C)C.c1ccccc1.c1ccncc1.c1cncnc1. The molecule has 4 aromatic rings. The molecule has 2 heterocycles. The highest BCUT2D eigenvalue weighted by Crippen LogP contribution is 2.17. The summed E-state index contributed by atoms with van der Waals surface area (Å²) in [6.07, 6.45) is 23.4. The molecule has 2 aromatic heterocycles. The molecule has 2 aliphatic carbocycles. The highest BCUT2D eigenvalue weighted by atomic mass is 14.8. The topological polar surface area (TPSA) is 38.7 Å². The van der Waals surface area contributed by atoms with Gasteiger partial charge in [-0.05, 0) is 63.8 Å². The number of hydrogen-bond donors (Lipinski definition) is 0. The van der Waals surface area contributed by atoms with Gasteiger partial charge in [0.1, 0.15) is 6.33 Å². The molecule has 0 saturated heterocycles. The predicted octanol–water partition coefficient (Wildman–Crippen LogP) is 18.9. The number of nitrogens with zero attached hydrogens (tertiary/aromatic N) is 3. The summed E-state index contributed by atoms with van der Waals surface area (Å²) in [7, 11) is 0. The average Bonchev–Trinajstić information content (AvgIpc) is 3.91. The van der Waals surface area contributed by atoms with E-state index in [0.717, 1.165) is 12.8 Å². The lowest BCUT2D eigenvalue weighted by Gasteiger charge is -2.05. The fourth-order valence-electron chi connectivity index (χ4n) is 2.54. The lowest BCUT2D eigenvalue weighted by molar-refractivity contribution is 0.469. The van der Waals surface area contributed by atoms with E-state index in [4.69, 9.17) is 0 Å². The van der Waals surface area contributed by atoms with Gasteiger partial charge in [-0.15, -0.1) is 0 Å². The smallest absolute Gasteiger partial charge is 0.115 e. The maximum absolute atomic E-state index is 3.78. The molecule has 59 heavy (non-hydrogen) atoms. The fourth-order valence-corrected chi connectivity index (χ4v) is 2.54. The molecule has 0 aliphatic heterocycles. The van der Waals surface area contributed by atoms with Crippen molar-refractivity contribution in [1.29, 1.82) is 0 Å². The Hall–Kier alpha value is -4.11. The van der Waals surface area contributed by atoms with Gasteiger partial charge in [-0.2, -0.15) is 0 Å². The summed E-state index contributed by atoms with van der Waals surface area (Å²) >= 11 is 0. The maximum atomic E-state index is 3.78. The van der Waals surface area contributed by atoms with Crippen LogP contribution in [0, 0.1) is 21.7 Å². The molecule has 3 heteroatoms. The lowest BCUT2D eigenvalue weighted by Crippen LogP contribution is -1.93. The van der Waals surface area contributed by atoms with Crippen molar-refractivity contribution in [1.82, 2.24) is 15.0 Å². The third kappa shape index (κ3) is 113. The van der Waals surface area contributed by atoms with E-state index >= 15 is 0 Å². The molecule has 0 unspecified atom stereocenters. The summed E-state index contributed by atoms with van der Waals surface area (Å²) < 4.78 is 0. The second kappa shape index (κ2) is 48.3. The minimum Gasteiger partial charge on any atom is -0.265 e. The molecule has 2 aliphatic rings. The van der Waals surface area contributed by atoms with Crippen LogP contribution in [-0.2, 0) is 6.42 Å². The molecule has 0 atom stereocenters. The van der Waals surface area contributed by atoms with E-state index in [9.17, 15) is 0 Å². The zero-order chi connectivity index (χ0) is 46.4. The molecule has 0 radical (unpaired) electrons. The van der Waals surface area contributed by atoms with E-state index in [0.29, 0.717) is 21.7 Å². The molecular weight excluding hydrogens is 715 g/mol. The monoisotopic (exact) mass is 814 g/mol. The first-order valence-electron chi connectivity index (χ1n) is 21.6. The van der Waals surface area contributed by atoms with Crippen LogP contribution in [-0.4, -0.2) is 15.0 Å². The number of hydrogen-bond acceptors (Lipinski definition) is 3. The van der Waals surface area contributed by atoms with E-state index in [2.05, 4.69) is 186 Å². The Morgan fingerprint density at radius 2 is 0.678 bits per heavy atom. The molecule has 3 nitrogen and oxygen atoms in total. The van der Waals surface area contributed by atoms with Crippen LogP contribution in [0.3, 0.4) is 0 Å². The number of benzene rings is 2. The van der Waals surface area contributed by atoms with E-state index in [1.807, 2.05) is 96.1 Å². The molecular formula is C56H99N3. The van der Waals surface area contributed by atoms with Crippen molar-refractivity contribution >= 4 is 6.08 Å². The summed E-state index contributed by atoms with van der Waals surface area (Å²) in [4.78, 5) is 11.1. The van der Waals surface area contributed by atoms with Crippen molar-refractivity contribution in [3.05, 3.63) is 158 Å². The van der Waals surface area contributed by atoms with Gasteiger partial charge in [-0.1, -0.05) is 263 Å². The van der Waals surface area contributed by atoms with E-state index in [1.54, 1.807) is 30.9 Å². The number of aromatic nitrogens is 3. The van der Waals surface area contributed by atoms with E-state index < -0.39 is 0 Å². The molecule has 6 rings (SSSR count). The van der Waals surface area contributed by atoms with Crippen molar-refractivity contribution in [3.8, 4) is 0 Å². The third-order valence-electron chi connectivity index (χ3n) is 4.06. The molecule has 0 fully saturated rings. The Labute approximate surface area is 371 Å². The Morgan fingerprint density at radius 3 is 0.881 bits per heavy atom. The van der Waals surface area contributed by atoms with Crippen LogP contribution in [0.5, 0.6) is 0 Å². The van der Waals surface area contributed by atoms with Crippen LogP contribution in [0.4, 0.5) is 0 Å². The minimum atomic E-state index is 0. The molecule has 0 saturated carbocycles. The van der Waals surface area contributed by atoms with Crippen molar-refractivity contribution < 1.29 is 0 Å². The van der Waals surface area contributed by atoms with Crippen LogP contribution in [0.25, 0.3) is 6.08 Å². The summed E-state index contributed by atoms with van der Waals surface area (Å²) in [5.41, 5.74) is 4.84. The Balaban J connectivity index is -0.000000102. The summed E-state index contributed by atoms with van der Waals surface area (Å²) in [5.74, 6) is 0. The van der Waals surface area contributed by atoms with Crippen LogP contribution in [0.15, 0.2) is 146 Å². The predicted molar refractivity (Wildman–Crippen MR) is 276 cm³/mol. The maximum Gasteiger partial charge on any atom is 0.115 e. The van der Waals surface area contributed by atoms with Crippen molar-refractivity contribution in [2.24, 2.45) is 21.7 Å². The fraction of sp³-hybridized carbons (Fsp3) is 0.518. The lowest BCUT2D eigenvalue weighted by atomic mass is 10.0. The zero-order valence-electron chi connectivity index (χ0n) is 42.2. The van der Waals surface area contributed by atoms with Crippen molar-refractivity contribution in [2.75, 3.05) is 0 Å². The third-order valence-corrected chi connectivity index (χ3v) is 4.06. The first kappa shape index (κ1) is 69.5. The van der Waals surface area contributed by atoms with Crippen LogP contribution in [0.1, 0.15) is 177 Å². The zero-order valence-corrected chi connectivity index (χ0v) is 42.2. The molecule has 338 valence electrons. The number of fused-ring (bicyclic) bond motifs is 1. The van der Waals surface area contributed by atoms with Crippen molar-refractivity contribution in [2.45, 2.75) is 173 Å². The Morgan fingerprint density at radius 1 is 0.373 bits per heavy atom. The highest BCUT2D eigenvalue weighted by molar-refractivity contribution is 5.59. The van der Waals surface area contributed by atoms with Crippen molar-refractivity contribution in [3.63, 3.8) is 0 Å². The Kier molecular flexibility index (Phi) is 56.9. The highest BCUT2D eigenvalue weighted by Gasteiger charge is 2.00. The minimum absolute atomic E-state index is 0. The first-order valence-corrected chi connectivity index (χ1v) is 21.6. The van der Waals surface area contributed by atoms with Gasteiger partial charge >= 0.3 is 0 Å².